The number of aryl methyl sites for hydroxylation is 3. The van der Waals surface area contributed by atoms with Crippen LogP contribution in [0.25, 0.3) is 11.0 Å². The number of fused-ring (bicyclic) bond motifs is 1. The van der Waals surface area contributed by atoms with Gasteiger partial charge in [-0.1, -0.05) is 42.8 Å². The van der Waals surface area contributed by atoms with E-state index in [0.717, 1.165) is 29.5 Å². The van der Waals surface area contributed by atoms with Gasteiger partial charge >= 0.3 is 6.03 Å². The molecule has 4 rings (SSSR count). The van der Waals surface area contributed by atoms with Gasteiger partial charge in [0.1, 0.15) is 11.3 Å². The molecule has 1 fully saturated rings. The van der Waals surface area contributed by atoms with E-state index in [-0.39, 0.29) is 11.3 Å². The van der Waals surface area contributed by atoms with Crippen LogP contribution < -0.4 is 11.2 Å². The van der Waals surface area contributed by atoms with Gasteiger partial charge in [-0.3, -0.25) is 0 Å². The van der Waals surface area contributed by atoms with E-state index in [1.807, 2.05) is 30.3 Å². The molecule has 150 valence electrons. The van der Waals surface area contributed by atoms with E-state index in [1.165, 1.54) is 22.3 Å². The van der Waals surface area contributed by atoms with Crippen LogP contribution in [-0.2, 0) is 5.41 Å². The van der Waals surface area contributed by atoms with E-state index >= 15 is 0 Å². The number of rotatable bonds is 4. The Hall–Kier alpha value is -3.08. The number of nitrogens with one attached hydrogen (secondary N) is 1. The van der Waals surface area contributed by atoms with Crippen LogP contribution in [0, 0.1) is 26.7 Å². The molecule has 1 heterocycles. The van der Waals surface area contributed by atoms with Gasteiger partial charge < -0.3 is 10.2 Å². The highest BCUT2D eigenvalue weighted by molar-refractivity contribution is 6.04. The third kappa shape index (κ3) is 3.53. The molecule has 5 nitrogen and oxygen atoms in total. The molecule has 0 spiro atoms. The first kappa shape index (κ1) is 19.2. The predicted octanol–water partition coefficient (Wildman–Crippen LogP) is 5.10. The molecule has 2 amide bonds. The number of carbonyl (C=O) groups is 1. The van der Waals surface area contributed by atoms with E-state index in [0.29, 0.717) is 5.76 Å². The third-order valence-electron chi connectivity index (χ3n) is 6.03. The molecule has 0 unspecified atom stereocenters. The lowest BCUT2D eigenvalue weighted by Gasteiger charge is -2.47. The van der Waals surface area contributed by atoms with Crippen LogP contribution in [0.5, 0.6) is 0 Å². The molecule has 0 aliphatic heterocycles. The number of hydrogen-bond donors (Lipinski definition) is 2. The number of furan rings is 1. The average molecular weight is 389 g/mol. The average Bonchev–Trinajstić information content (AvgIpc) is 3.03. The fraction of sp³-hybridized carbons (Fsp3) is 0.333. The van der Waals surface area contributed by atoms with Crippen molar-refractivity contribution in [1.82, 2.24) is 5.43 Å². The van der Waals surface area contributed by atoms with Crippen molar-refractivity contribution in [1.29, 1.82) is 0 Å². The van der Waals surface area contributed by atoms with Crippen molar-refractivity contribution >= 4 is 22.7 Å². The van der Waals surface area contributed by atoms with E-state index < -0.39 is 6.03 Å². The number of urea groups is 1. The molecule has 0 atom stereocenters. The number of carbonyl (C=O) groups excluding carboxylic acids is 1. The summed E-state index contributed by atoms with van der Waals surface area (Å²) in [6.07, 6.45) is 1.88. The maximum atomic E-state index is 11.3. The molecule has 0 bridgehead atoms. The lowest BCUT2D eigenvalue weighted by molar-refractivity contribution is 0.214. The van der Waals surface area contributed by atoms with E-state index in [1.54, 1.807) is 0 Å². The van der Waals surface area contributed by atoms with Gasteiger partial charge in [-0.15, -0.1) is 0 Å². The molecule has 1 aromatic heterocycles. The molecule has 1 aliphatic carbocycles. The summed E-state index contributed by atoms with van der Waals surface area (Å²) in [6, 6.07) is 13.7. The summed E-state index contributed by atoms with van der Waals surface area (Å²) in [4.78, 5) is 11.3. The van der Waals surface area contributed by atoms with Crippen LogP contribution in [0.15, 0.2) is 52.0 Å². The zero-order valence-electron chi connectivity index (χ0n) is 17.4. The maximum absolute atomic E-state index is 11.3. The van der Waals surface area contributed by atoms with Crippen molar-refractivity contribution < 1.29 is 9.21 Å². The monoisotopic (exact) mass is 389 g/mol. The first-order chi connectivity index (χ1) is 13.8. The van der Waals surface area contributed by atoms with Crippen LogP contribution in [0.2, 0.25) is 0 Å². The molecule has 5 heteroatoms. The second-order valence-electron chi connectivity index (χ2n) is 8.56. The Balaban J connectivity index is 1.66. The zero-order chi connectivity index (χ0) is 20.8. The summed E-state index contributed by atoms with van der Waals surface area (Å²) >= 11 is 0. The third-order valence-corrected chi connectivity index (χ3v) is 6.03. The minimum Gasteiger partial charge on any atom is -0.455 e. The molecule has 3 aromatic rings. The minimum absolute atomic E-state index is 0.0754. The molecule has 2 aromatic carbocycles. The number of benzene rings is 2. The van der Waals surface area contributed by atoms with Crippen molar-refractivity contribution in [2.45, 2.75) is 46.0 Å². The van der Waals surface area contributed by atoms with Gasteiger partial charge in [-0.25, -0.2) is 10.2 Å². The SMILES string of the molecule is Cc1cc(C)c(C2(C)CC(/C(=N\NC(N)=O)c3cc4ccccc4o3)C2)c(C)c1. The van der Waals surface area contributed by atoms with Gasteiger partial charge in [0.2, 0.25) is 0 Å². The highest BCUT2D eigenvalue weighted by Gasteiger charge is 2.46. The van der Waals surface area contributed by atoms with Gasteiger partial charge in [-0.2, -0.15) is 5.10 Å². The smallest absolute Gasteiger partial charge is 0.332 e. The summed E-state index contributed by atoms with van der Waals surface area (Å²) in [5.41, 5.74) is 14.7. The van der Waals surface area contributed by atoms with E-state index in [9.17, 15) is 4.79 Å². The van der Waals surface area contributed by atoms with Crippen LogP contribution in [0.1, 0.15) is 47.8 Å². The van der Waals surface area contributed by atoms with Gasteiger partial charge in [0.15, 0.2) is 5.76 Å². The minimum atomic E-state index is -0.675. The lowest BCUT2D eigenvalue weighted by atomic mass is 9.57. The molecule has 29 heavy (non-hydrogen) atoms. The number of amides is 2. The quantitative estimate of drug-likeness (QED) is 0.481. The van der Waals surface area contributed by atoms with Gasteiger partial charge in [0.05, 0.1) is 0 Å². The lowest BCUT2D eigenvalue weighted by Crippen LogP contribution is -2.44. The summed E-state index contributed by atoms with van der Waals surface area (Å²) < 4.78 is 6.03. The Kier molecular flexibility index (Phi) is 4.69. The highest BCUT2D eigenvalue weighted by atomic mass is 16.3. The maximum Gasteiger partial charge on any atom is 0.332 e. The standard InChI is InChI=1S/C24H27N3O2/c1-14-9-15(2)21(16(3)10-14)24(4)12-18(13-24)22(26-27-23(25)28)20-11-17-7-5-6-8-19(17)29-20/h5-11,18H,12-13H2,1-4H3,(H3,25,27,28)/b26-22+. The van der Waals surface area contributed by atoms with E-state index in [4.69, 9.17) is 10.2 Å². The molecule has 0 radical (unpaired) electrons. The Morgan fingerprint density at radius 3 is 2.41 bits per heavy atom. The number of nitrogens with two attached hydrogens (primary N) is 1. The first-order valence-electron chi connectivity index (χ1n) is 9.97. The number of hydrogen-bond acceptors (Lipinski definition) is 3. The topological polar surface area (TPSA) is 80.6 Å². The Bertz CT molecular complexity index is 1060. The van der Waals surface area contributed by atoms with Crippen LogP contribution in [0.4, 0.5) is 4.79 Å². The largest absolute Gasteiger partial charge is 0.455 e. The summed E-state index contributed by atoms with van der Waals surface area (Å²) in [6.45, 7) is 8.83. The Morgan fingerprint density at radius 2 is 1.79 bits per heavy atom. The molecule has 0 saturated heterocycles. The van der Waals surface area contributed by atoms with Crippen LogP contribution in [-0.4, -0.2) is 11.7 Å². The Labute approximate surface area is 171 Å². The second-order valence-corrected chi connectivity index (χ2v) is 8.56. The van der Waals surface area contributed by atoms with Crippen LogP contribution >= 0.6 is 0 Å². The molecule has 1 aliphatic rings. The van der Waals surface area contributed by atoms with Crippen molar-refractivity contribution in [3.8, 4) is 0 Å². The summed E-state index contributed by atoms with van der Waals surface area (Å²) in [7, 11) is 0. The molecule has 1 saturated carbocycles. The van der Waals surface area contributed by atoms with Crippen LogP contribution in [0.3, 0.4) is 0 Å². The molecular weight excluding hydrogens is 362 g/mol. The second kappa shape index (κ2) is 7.07. The number of primary amides is 1. The molecule has 3 N–H and O–H groups in total. The van der Waals surface area contributed by atoms with Gasteiger partial charge in [0, 0.05) is 11.3 Å². The number of hydrazone groups is 1. The zero-order valence-corrected chi connectivity index (χ0v) is 17.4. The number of nitrogens with zero attached hydrogens (tertiary/aromatic N) is 1. The van der Waals surface area contributed by atoms with Crippen molar-refractivity contribution in [3.63, 3.8) is 0 Å². The van der Waals surface area contributed by atoms with Crippen molar-refractivity contribution in [3.05, 3.63) is 70.5 Å². The molecular formula is C24H27N3O2. The fourth-order valence-electron chi connectivity index (χ4n) is 5.13. The van der Waals surface area contributed by atoms with Gasteiger partial charge in [-0.05, 0) is 67.9 Å². The Morgan fingerprint density at radius 1 is 1.14 bits per heavy atom. The predicted molar refractivity (Wildman–Crippen MR) is 116 cm³/mol. The van der Waals surface area contributed by atoms with Gasteiger partial charge in [0.25, 0.3) is 0 Å². The summed E-state index contributed by atoms with van der Waals surface area (Å²) in [5, 5.41) is 5.34. The summed E-state index contributed by atoms with van der Waals surface area (Å²) in [5.74, 6) is 0.872. The first-order valence-corrected chi connectivity index (χ1v) is 9.97. The van der Waals surface area contributed by atoms with Crippen molar-refractivity contribution in [2.24, 2.45) is 16.8 Å². The number of para-hydroxylation sites is 1. The fourth-order valence-corrected chi connectivity index (χ4v) is 5.13. The van der Waals surface area contributed by atoms with Crippen molar-refractivity contribution in [2.75, 3.05) is 0 Å². The normalized spacial score (nSPS) is 21.8. The van der Waals surface area contributed by atoms with E-state index in [2.05, 4.69) is 50.4 Å². The highest BCUT2D eigenvalue weighted by Crippen LogP contribution is 2.51.